The predicted molar refractivity (Wildman–Crippen MR) is 103 cm³/mol. The highest BCUT2D eigenvalue weighted by Crippen LogP contribution is 2.25. The molecule has 0 spiro atoms. The van der Waals surface area contributed by atoms with E-state index in [0.717, 1.165) is 4.47 Å². The van der Waals surface area contributed by atoms with Crippen molar-refractivity contribution in [2.45, 2.75) is 6.42 Å². The van der Waals surface area contributed by atoms with Gasteiger partial charge in [-0.25, -0.2) is 4.39 Å². The minimum Gasteiger partial charge on any atom is -0.347 e. The van der Waals surface area contributed by atoms with E-state index in [1.165, 1.54) is 29.2 Å². The van der Waals surface area contributed by atoms with Crippen molar-refractivity contribution in [2.24, 2.45) is 5.92 Å². The molecular weight excluding hydrogens is 417 g/mol. The zero-order valence-electron chi connectivity index (χ0n) is 14.2. The highest BCUT2D eigenvalue weighted by molar-refractivity contribution is 9.10. The first kappa shape index (κ1) is 19.0. The molecule has 2 aromatic carbocycles. The highest BCUT2D eigenvalue weighted by atomic mass is 79.9. The van der Waals surface area contributed by atoms with Crippen LogP contribution in [0.15, 0.2) is 53.0 Å². The van der Waals surface area contributed by atoms with Gasteiger partial charge in [-0.1, -0.05) is 12.1 Å². The van der Waals surface area contributed by atoms with Gasteiger partial charge < -0.3 is 15.5 Å². The Labute approximate surface area is 163 Å². The third-order valence-electron chi connectivity index (χ3n) is 4.21. The van der Waals surface area contributed by atoms with Gasteiger partial charge in [-0.15, -0.1) is 0 Å². The van der Waals surface area contributed by atoms with Gasteiger partial charge in [0.15, 0.2) is 0 Å². The first-order valence-corrected chi connectivity index (χ1v) is 9.11. The Bertz CT molecular complexity index is 873. The largest absolute Gasteiger partial charge is 0.347 e. The molecule has 6 nitrogen and oxygen atoms in total. The lowest BCUT2D eigenvalue weighted by atomic mass is 10.1. The maximum Gasteiger partial charge on any atom is 0.243 e. The SMILES string of the molecule is O=C(CNC(=O)[C@@H]1CC(=O)N(c2ccc(F)cc2)C1)Nc1ccccc1Br. The molecule has 27 heavy (non-hydrogen) atoms. The summed E-state index contributed by atoms with van der Waals surface area (Å²) in [6.45, 7) is 0.00353. The molecule has 1 aliphatic rings. The number of carbonyl (C=O) groups is 3. The summed E-state index contributed by atoms with van der Waals surface area (Å²) >= 11 is 3.33. The second-order valence-electron chi connectivity index (χ2n) is 6.13. The minimum atomic E-state index is -0.557. The number of carbonyl (C=O) groups excluding carboxylic acids is 3. The summed E-state index contributed by atoms with van der Waals surface area (Å²) in [6, 6.07) is 12.7. The van der Waals surface area contributed by atoms with Gasteiger partial charge in [0, 0.05) is 23.1 Å². The van der Waals surface area contributed by atoms with Gasteiger partial charge in [-0.3, -0.25) is 14.4 Å². The molecule has 1 saturated heterocycles. The number of benzene rings is 2. The average Bonchev–Trinajstić information content (AvgIpc) is 3.04. The number of nitrogens with zero attached hydrogens (tertiary/aromatic N) is 1. The molecule has 2 N–H and O–H groups in total. The topological polar surface area (TPSA) is 78.5 Å². The van der Waals surface area contributed by atoms with E-state index < -0.39 is 11.7 Å². The quantitative estimate of drug-likeness (QED) is 0.760. The van der Waals surface area contributed by atoms with E-state index in [-0.39, 0.29) is 37.2 Å². The van der Waals surface area contributed by atoms with E-state index in [0.29, 0.717) is 11.4 Å². The molecule has 1 heterocycles. The molecule has 140 valence electrons. The Morgan fingerprint density at radius 1 is 1.15 bits per heavy atom. The number of rotatable bonds is 5. The van der Waals surface area contributed by atoms with Crippen LogP contribution in [0.3, 0.4) is 0 Å². The number of hydrogen-bond donors (Lipinski definition) is 2. The first-order chi connectivity index (χ1) is 12.9. The summed E-state index contributed by atoms with van der Waals surface area (Å²) in [7, 11) is 0. The van der Waals surface area contributed by atoms with Crippen molar-refractivity contribution in [3.05, 3.63) is 58.8 Å². The minimum absolute atomic E-state index is 0.0507. The summed E-state index contributed by atoms with van der Waals surface area (Å²) in [5, 5.41) is 5.25. The van der Waals surface area contributed by atoms with Crippen molar-refractivity contribution in [3.63, 3.8) is 0 Å². The van der Waals surface area contributed by atoms with Crippen LogP contribution >= 0.6 is 15.9 Å². The lowest BCUT2D eigenvalue weighted by molar-refractivity contribution is -0.127. The van der Waals surface area contributed by atoms with E-state index >= 15 is 0 Å². The van der Waals surface area contributed by atoms with Crippen LogP contribution in [0.4, 0.5) is 15.8 Å². The molecule has 0 aromatic heterocycles. The molecule has 2 aromatic rings. The molecule has 1 atom stereocenters. The maximum absolute atomic E-state index is 13.0. The molecule has 3 rings (SSSR count). The Hall–Kier alpha value is -2.74. The van der Waals surface area contributed by atoms with Gasteiger partial charge in [-0.2, -0.15) is 0 Å². The number of amides is 3. The third-order valence-corrected chi connectivity index (χ3v) is 4.90. The van der Waals surface area contributed by atoms with E-state index in [1.54, 1.807) is 18.2 Å². The maximum atomic E-state index is 13.0. The molecule has 0 bridgehead atoms. The second-order valence-corrected chi connectivity index (χ2v) is 6.98. The molecule has 8 heteroatoms. The Balaban J connectivity index is 1.53. The zero-order chi connectivity index (χ0) is 19.4. The lowest BCUT2D eigenvalue weighted by Gasteiger charge is -2.16. The number of anilines is 2. The molecule has 0 radical (unpaired) electrons. The Kier molecular flexibility index (Phi) is 5.85. The summed E-state index contributed by atoms with van der Waals surface area (Å²) in [4.78, 5) is 37.9. The number of nitrogens with one attached hydrogen (secondary N) is 2. The van der Waals surface area contributed by atoms with Crippen molar-refractivity contribution in [2.75, 3.05) is 23.3 Å². The molecule has 0 aliphatic carbocycles. The fraction of sp³-hybridized carbons (Fsp3) is 0.211. The van der Waals surface area contributed by atoms with Crippen LogP contribution in [0.25, 0.3) is 0 Å². The van der Waals surface area contributed by atoms with Gasteiger partial charge in [0.05, 0.1) is 18.2 Å². The van der Waals surface area contributed by atoms with Crippen LogP contribution in [0, 0.1) is 11.7 Å². The van der Waals surface area contributed by atoms with Crippen LogP contribution < -0.4 is 15.5 Å². The Morgan fingerprint density at radius 3 is 2.56 bits per heavy atom. The normalized spacial score (nSPS) is 16.3. The number of hydrogen-bond acceptors (Lipinski definition) is 3. The van der Waals surface area contributed by atoms with E-state index in [4.69, 9.17) is 0 Å². The smallest absolute Gasteiger partial charge is 0.243 e. The molecule has 0 saturated carbocycles. The van der Waals surface area contributed by atoms with E-state index in [2.05, 4.69) is 26.6 Å². The van der Waals surface area contributed by atoms with Crippen molar-refractivity contribution in [1.29, 1.82) is 0 Å². The standard InChI is InChI=1S/C19H17BrFN3O3/c20-15-3-1-2-4-16(15)23-17(25)10-22-19(27)12-9-18(26)24(11-12)14-7-5-13(21)6-8-14/h1-8,12H,9-11H2,(H,22,27)(H,23,25)/t12-/m1/s1. The number of halogens is 2. The van der Waals surface area contributed by atoms with Crippen LogP contribution in [0.5, 0.6) is 0 Å². The van der Waals surface area contributed by atoms with Crippen molar-refractivity contribution in [1.82, 2.24) is 5.32 Å². The zero-order valence-corrected chi connectivity index (χ0v) is 15.8. The van der Waals surface area contributed by atoms with E-state index in [1.807, 2.05) is 6.07 Å². The van der Waals surface area contributed by atoms with Crippen LogP contribution in [-0.4, -0.2) is 30.8 Å². The van der Waals surface area contributed by atoms with Gasteiger partial charge in [0.25, 0.3) is 0 Å². The van der Waals surface area contributed by atoms with Crippen molar-refractivity contribution >= 4 is 45.0 Å². The summed E-state index contributed by atoms with van der Waals surface area (Å²) in [6.07, 6.45) is 0.0507. The predicted octanol–water partition coefficient (Wildman–Crippen LogP) is 2.70. The first-order valence-electron chi connectivity index (χ1n) is 8.32. The molecule has 1 fully saturated rings. The van der Waals surface area contributed by atoms with Crippen molar-refractivity contribution in [3.8, 4) is 0 Å². The third kappa shape index (κ3) is 4.71. The van der Waals surface area contributed by atoms with Gasteiger partial charge >= 0.3 is 0 Å². The lowest BCUT2D eigenvalue weighted by Crippen LogP contribution is -2.38. The summed E-state index contributed by atoms with van der Waals surface area (Å²) in [5.41, 5.74) is 1.15. The monoisotopic (exact) mass is 433 g/mol. The second kappa shape index (κ2) is 8.30. The van der Waals surface area contributed by atoms with Crippen molar-refractivity contribution < 1.29 is 18.8 Å². The molecular formula is C19H17BrFN3O3. The van der Waals surface area contributed by atoms with Gasteiger partial charge in [-0.05, 0) is 52.3 Å². The average molecular weight is 434 g/mol. The highest BCUT2D eigenvalue weighted by Gasteiger charge is 2.35. The van der Waals surface area contributed by atoms with Crippen LogP contribution in [-0.2, 0) is 14.4 Å². The molecule has 3 amide bonds. The fourth-order valence-corrected chi connectivity index (χ4v) is 3.21. The Morgan fingerprint density at radius 2 is 1.85 bits per heavy atom. The van der Waals surface area contributed by atoms with Crippen LogP contribution in [0.1, 0.15) is 6.42 Å². The fourth-order valence-electron chi connectivity index (χ4n) is 2.82. The van der Waals surface area contributed by atoms with Gasteiger partial charge in [0.1, 0.15) is 5.82 Å². The van der Waals surface area contributed by atoms with E-state index in [9.17, 15) is 18.8 Å². The number of para-hydroxylation sites is 1. The summed E-state index contributed by atoms with van der Waals surface area (Å²) < 4.78 is 13.8. The van der Waals surface area contributed by atoms with Crippen LogP contribution in [0.2, 0.25) is 0 Å². The molecule has 0 unspecified atom stereocenters. The molecule has 1 aliphatic heterocycles. The summed E-state index contributed by atoms with van der Waals surface area (Å²) in [5.74, 6) is -1.89. The van der Waals surface area contributed by atoms with Gasteiger partial charge in [0.2, 0.25) is 17.7 Å².